The van der Waals surface area contributed by atoms with E-state index < -0.39 is 19.9 Å². The lowest BCUT2D eigenvalue weighted by Gasteiger charge is -2.14. The molecule has 0 unspecified atom stereocenters. The van der Waals surface area contributed by atoms with Crippen molar-refractivity contribution in [1.29, 1.82) is 0 Å². The Morgan fingerprint density at radius 3 is 2.19 bits per heavy atom. The Labute approximate surface area is 131 Å². The second-order valence-corrected chi connectivity index (χ2v) is 9.06. The smallest absolute Gasteiger partial charge is 0.224 e. The van der Waals surface area contributed by atoms with Crippen molar-refractivity contribution in [2.45, 2.75) is 36.5 Å². The van der Waals surface area contributed by atoms with Gasteiger partial charge in [0.2, 0.25) is 10.0 Å². The van der Waals surface area contributed by atoms with Crippen molar-refractivity contribution in [3.63, 3.8) is 0 Å². The summed E-state index contributed by atoms with van der Waals surface area (Å²) in [4.78, 5) is -0.284. The van der Waals surface area contributed by atoms with Crippen molar-refractivity contribution in [3.8, 4) is 0 Å². The summed E-state index contributed by atoms with van der Waals surface area (Å²) in [6, 6.07) is 3.66. The lowest BCUT2D eigenvalue weighted by atomic mass is 10.0. The van der Waals surface area contributed by atoms with Gasteiger partial charge in [0, 0.05) is 12.8 Å². The summed E-state index contributed by atoms with van der Waals surface area (Å²) in [6.45, 7) is 4.27. The van der Waals surface area contributed by atoms with Gasteiger partial charge >= 0.3 is 0 Å². The number of rotatable bonds is 7. The molecule has 0 spiro atoms. The molecule has 0 aliphatic heterocycles. The van der Waals surface area contributed by atoms with Crippen LogP contribution < -0.4 is 4.72 Å². The number of halogens is 1. The number of hydrogen-bond donors (Lipinski definition) is 1. The molecular weight excluding hydrogens is 334 g/mol. The lowest BCUT2D eigenvalue weighted by molar-refractivity contribution is 0.479. The minimum absolute atomic E-state index is 0.000512. The molecule has 0 fully saturated rings. The second kappa shape index (κ2) is 7.09. The van der Waals surface area contributed by atoms with Gasteiger partial charge in [-0.2, -0.15) is 0 Å². The van der Waals surface area contributed by atoms with Gasteiger partial charge in [0.05, 0.1) is 9.92 Å². The zero-order chi connectivity index (χ0) is 16.3. The predicted octanol–water partition coefficient (Wildman–Crippen LogP) is 2.46. The molecule has 0 atom stereocenters. The van der Waals surface area contributed by atoms with Crippen molar-refractivity contribution >= 4 is 31.5 Å². The van der Waals surface area contributed by atoms with Gasteiger partial charge in [0.1, 0.15) is 4.90 Å². The average Bonchev–Trinajstić information content (AvgIpc) is 2.38. The third kappa shape index (κ3) is 4.95. The summed E-state index contributed by atoms with van der Waals surface area (Å²) in [5, 5.41) is -0.000512. The van der Waals surface area contributed by atoms with E-state index in [9.17, 15) is 16.8 Å². The van der Waals surface area contributed by atoms with E-state index in [0.717, 1.165) is 25.2 Å². The Morgan fingerprint density at radius 2 is 1.71 bits per heavy atom. The SMILES string of the molecule is CCC(CC)CNS(=O)(=O)c1cc(S(C)(=O)=O)ccc1Cl. The number of sulfone groups is 1. The molecular formula is C13H20ClNO4S2. The van der Waals surface area contributed by atoms with E-state index in [-0.39, 0.29) is 20.7 Å². The van der Waals surface area contributed by atoms with Gasteiger partial charge in [-0.3, -0.25) is 0 Å². The van der Waals surface area contributed by atoms with E-state index in [4.69, 9.17) is 11.6 Å². The van der Waals surface area contributed by atoms with Gasteiger partial charge < -0.3 is 0 Å². The van der Waals surface area contributed by atoms with Gasteiger partial charge in [-0.1, -0.05) is 38.3 Å². The highest BCUT2D eigenvalue weighted by Gasteiger charge is 2.21. The topological polar surface area (TPSA) is 80.3 Å². The standard InChI is InChI=1S/C13H20ClNO4S2/c1-4-10(5-2)9-15-21(18,19)13-8-11(20(3,16)17)6-7-12(13)14/h6-8,10,15H,4-5,9H2,1-3H3. The first kappa shape index (κ1) is 18.4. The van der Waals surface area contributed by atoms with Crippen LogP contribution in [0.4, 0.5) is 0 Å². The van der Waals surface area contributed by atoms with Crippen LogP contribution in [0.2, 0.25) is 5.02 Å². The monoisotopic (exact) mass is 353 g/mol. The van der Waals surface area contributed by atoms with E-state index in [2.05, 4.69) is 4.72 Å². The van der Waals surface area contributed by atoms with Crippen LogP contribution in [0, 0.1) is 5.92 Å². The van der Waals surface area contributed by atoms with Crippen LogP contribution in [0.5, 0.6) is 0 Å². The zero-order valence-corrected chi connectivity index (χ0v) is 14.6. The van der Waals surface area contributed by atoms with E-state index in [1.165, 1.54) is 12.1 Å². The third-order valence-corrected chi connectivity index (χ3v) is 6.35. The average molecular weight is 354 g/mol. The molecule has 0 saturated carbocycles. The molecule has 1 aromatic rings. The molecule has 0 aromatic heterocycles. The molecule has 21 heavy (non-hydrogen) atoms. The summed E-state index contributed by atoms with van der Waals surface area (Å²) in [5.41, 5.74) is 0. The fourth-order valence-corrected chi connectivity index (χ4v) is 4.16. The molecule has 0 saturated heterocycles. The van der Waals surface area contributed by atoms with Crippen LogP contribution >= 0.6 is 11.6 Å². The molecule has 120 valence electrons. The van der Waals surface area contributed by atoms with Crippen molar-refractivity contribution < 1.29 is 16.8 Å². The number of benzene rings is 1. The maximum absolute atomic E-state index is 12.3. The fourth-order valence-electron chi connectivity index (χ4n) is 1.80. The van der Waals surface area contributed by atoms with E-state index in [1.54, 1.807) is 0 Å². The van der Waals surface area contributed by atoms with Crippen LogP contribution in [-0.2, 0) is 19.9 Å². The maximum atomic E-state index is 12.3. The van der Waals surface area contributed by atoms with Gasteiger partial charge in [0.15, 0.2) is 9.84 Å². The number of hydrogen-bond acceptors (Lipinski definition) is 4. The van der Waals surface area contributed by atoms with Gasteiger partial charge in [0.25, 0.3) is 0 Å². The first-order chi connectivity index (χ1) is 9.61. The number of nitrogens with one attached hydrogen (secondary N) is 1. The largest absolute Gasteiger partial charge is 0.242 e. The molecule has 0 radical (unpaired) electrons. The molecule has 0 bridgehead atoms. The third-order valence-electron chi connectivity index (χ3n) is 3.34. The predicted molar refractivity (Wildman–Crippen MR) is 83.8 cm³/mol. The van der Waals surface area contributed by atoms with Gasteiger partial charge in [-0.05, 0) is 24.1 Å². The maximum Gasteiger partial charge on any atom is 0.242 e. The van der Waals surface area contributed by atoms with Gasteiger partial charge in [-0.25, -0.2) is 21.6 Å². The quantitative estimate of drug-likeness (QED) is 0.816. The van der Waals surface area contributed by atoms with Crippen LogP contribution in [0.3, 0.4) is 0 Å². The lowest BCUT2D eigenvalue weighted by Crippen LogP contribution is -2.29. The molecule has 0 heterocycles. The van der Waals surface area contributed by atoms with Crippen molar-refractivity contribution in [2.24, 2.45) is 5.92 Å². The molecule has 0 aliphatic carbocycles. The molecule has 5 nitrogen and oxygen atoms in total. The highest BCUT2D eigenvalue weighted by Crippen LogP contribution is 2.25. The van der Waals surface area contributed by atoms with E-state index in [0.29, 0.717) is 6.54 Å². The van der Waals surface area contributed by atoms with Crippen LogP contribution in [0.25, 0.3) is 0 Å². The Kier molecular flexibility index (Phi) is 6.22. The Bertz CT molecular complexity index is 695. The molecule has 0 amide bonds. The van der Waals surface area contributed by atoms with E-state index in [1.807, 2.05) is 13.8 Å². The molecule has 1 aromatic carbocycles. The second-order valence-electron chi connectivity index (χ2n) is 4.90. The summed E-state index contributed by atoms with van der Waals surface area (Å²) in [5.74, 6) is 0.233. The first-order valence-corrected chi connectivity index (χ1v) is 10.4. The molecule has 1 rings (SSSR count). The minimum Gasteiger partial charge on any atom is -0.224 e. The van der Waals surface area contributed by atoms with Crippen molar-refractivity contribution in [3.05, 3.63) is 23.2 Å². The van der Waals surface area contributed by atoms with Crippen molar-refractivity contribution in [2.75, 3.05) is 12.8 Å². The number of sulfonamides is 1. The summed E-state index contributed by atoms with van der Waals surface area (Å²) < 4.78 is 50.1. The Balaban J connectivity index is 3.14. The summed E-state index contributed by atoms with van der Waals surface area (Å²) in [6.07, 6.45) is 2.73. The summed E-state index contributed by atoms with van der Waals surface area (Å²) >= 11 is 5.90. The highest BCUT2D eigenvalue weighted by atomic mass is 35.5. The van der Waals surface area contributed by atoms with Crippen LogP contribution in [0.15, 0.2) is 28.0 Å². The fraction of sp³-hybridized carbons (Fsp3) is 0.538. The molecule has 1 N–H and O–H groups in total. The van der Waals surface area contributed by atoms with Gasteiger partial charge in [-0.15, -0.1) is 0 Å². The van der Waals surface area contributed by atoms with E-state index >= 15 is 0 Å². The van der Waals surface area contributed by atoms with Crippen LogP contribution in [0.1, 0.15) is 26.7 Å². The highest BCUT2D eigenvalue weighted by molar-refractivity contribution is 7.91. The van der Waals surface area contributed by atoms with Crippen molar-refractivity contribution in [1.82, 2.24) is 4.72 Å². The minimum atomic E-state index is -3.84. The molecule has 8 heteroatoms. The zero-order valence-electron chi connectivity index (χ0n) is 12.3. The molecule has 0 aliphatic rings. The normalized spacial score (nSPS) is 12.8. The Morgan fingerprint density at radius 1 is 1.14 bits per heavy atom. The van der Waals surface area contributed by atoms with Crippen LogP contribution in [-0.4, -0.2) is 29.6 Å². The Hall–Kier alpha value is -0.630. The first-order valence-electron chi connectivity index (χ1n) is 6.61. The summed E-state index contributed by atoms with van der Waals surface area (Å²) in [7, 11) is -7.33.